The van der Waals surface area contributed by atoms with Crippen LogP contribution in [-0.2, 0) is 11.0 Å². The SMILES string of the molecule is O=CC=Cc1ccc(C(F)(F)F)cc1Cl. The van der Waals surface area contributed by atoms with Gasteiger partial charge in [0.05, 0.1) is 5.56 Å². The molecular weight excluding hydrogens is 229 g/mol. The first kappa shape index (κ1) is 11.8. The Morgan fingerprint density at radius 1 is 1.27 bits per heavy atom. The number of hydrogen-bond donors (Lipinski definition) is 0. The highest BCUT2D eigenvalue weighted by Crippen LogP contribution is 2.32. The smallest absolute Gasteiger partial charge is 0.299 e. The van der Waals surface area contributed by atoms with Gasteiger partial charge >= 0.3 is 6.18 Å². The van der Waals surface area contributed by atoms with Gasteiger partial charge in [-0.1, -0.05) is 23.7 Å². The molecule has 0 spiro atoms. The second-order valence-corrected chi connectivity index (χ2v) is 3.14. The molecule has 0 saturated heterocycles. The molecule has 0 N–H and O–H groups in total. The monoisotopic (exact) mass is 234 g/mol. The van der Waals surface area contributed by atoms with Gasteiger partial charge in [0.25, 0.3) is 0 Å². The molecule has 0 heterocycles. The lowest BCUT2D eigenvalue weighted by atomic mass is 10.1. The highest BCUT2D eigenvalue weighted by Gasteiger charge is 2.30. The van der Waals surface area contributed by atoms with Crippen molar-refractivity contribution in [3.8, 4) is 0 Å². The largest absolute Gasteiger partial charge is 0.416 e. The summed E-state index contributed by atoms with van der Waals surface area (Å²) < 4.78 is 36.7. The number of rotatable bonds is 2. The zero-order chi connectivity index (χ0) is 11.5. The topological polar surface area (TPSA) is 17.1 Å². The molecule has 5 heteroatoms. The van der Waals surface area contributed by atoms with Gasteiger partial charge in [-0.3, -0.25) is 4.79 Å². The number of halogens is 4. The Balaban J connectivity index is 3.09. The maximum absolute atomic E-state index is 12.2. The van der Waals surface area contributed by atoms with Crippen LogP contribution in [0, 0.1) is 0 Å². The van der Waals surface area contributed by atoms with Crippen LogP contribution >= 0.6 is 11.6 Å². The summed E-state index contributed by atoms with van der Waals surface area (Å²) in [5, 5.41) is -0.0390. The Bertz CT molecular complexity index is 396. The summed E-state index contributed by atoms with van der Waals surface area (Å²) in [6, 6.07) is 2.95. The van der Waals surface area contributed by atoms with Crippen molar-refractivity contribution in [2.24, 2.45) is 0 Å². The minimum Gasteiger partial charge on any atom is -0.299 e. The molecular formula is C10H6ClF3O. The van der Waals surface area contributed by atoms with Crippen molar-refractivity contribution >= 4 is 24.0 Å². The zero-order valence-electron chi connectivity index (χ0n) is 7.38. The normalized spacial score (nSPS) is 12.0. The quantitative estimate of drug-likeness (QED) is 0.565. The number of carbonyl (C=O) groups is 1. The molecule has 80 valence electrons. The van der Waals surface area contributed by atoms with E-state index in [4.69, 9.17) is 11.6 Å². The fourth-order valence-corrected chi connectivity index (χ4v) is 1.23. The molecule has 0 aromatic heterocycles. The van der Waals surface area contributed by atoms with Crippen LogP contribution in [0.2, 0.25) is 5.02 Å². The summed E-state index contributed by atoms with van der Waals surface area (Å²) in [5.41, 5.74) is -0.437. The van der Waals surface area contributed by atoms with Crippen LogP contribution in [0.5, 0.6) is 0 Å². The molecule has 0 aliphatic carbocycles. The minimum atomic E-state index is -4.41. The summed E-state index contributed by atoms with van der Waals surface area (Å²) >= 11 is 5.60. The van der Waals surface area contributed by atoms with E-state index in [1.807, 2.05) is 0 Å². The van der Waals surface area contributed by atoms with Crippen LogP contribution in [0.1, 0.15) is 11.1 Å². The number of benzene rings is 1. The van der Waals surface area contributed by atoms with Gasteiger partial charge in [-0.15, -0.1) is 0 Å². The number of aldehydes is 1. The number of allylic oxidation sites excluding steroid dienone is 1. The zero-order valence-corrected chi connectivity index (χ0v) is 8.14. The average molecular weight is 235 g/mol. The lowest BCUT2D eigenvalue weighted by molar-refractivity contribution is -0.137. The third-order valence-corrected chi connectivity index (χ3v) is 2.01. The van der Waals surface area contributed by atoms with Crippen LogP contribution in [0.15, 0.2) is 24.3 Å². The Kier molecular flexibility index (Phi) is 3.52. The van der Waals surface area contributed by atoms with Crippen LogP contribution in [0.3, 0.4) is 0 Å². The van der Waals surface area contributed by atoms with Gasteiger partial charge in [0.2, 0.25) is 0 Å². The molecule has 1 aromatic rings. The van der Waals surface area contributed by atoms with Gasteiger partial charge in [0, 0.05) is 5.02 Å². The predicted molar refractivity (Wildman–Crippen MR) is 51.6 cm³/mol. The molecule has 0 bridgehead atoms. The van der Waals surface area contributed by atoms with Crippen molar-refractivity contribution in [2.75, 3.05) is 0 Å². The second kappa shape index (κ2) is 4.49. The van der Waals surface area contributed by atoms with E-state index in [1.165, 1.54) is 12.1 Å². The molecule has 0 aliphatic heterocycles. The third kappa shape index (κ3) is 3.09. The van der Waals surface area contributed by atoms with Gasteiger partial charge in [-0.2, -0.15) is 13.2 Å². The van der Waals surface area contributed by atoms with E-state index in [1.54, 1.807) is 0 Å². The Labute approximate surface area is 89.2 Å². The van der Waals surface area contributed by atoms with Gasteiger partial charge in [0.1, 0.15) is 6.29 Å². The summed E-state index contributed by atoms with van der Waals surface area (Å²) in [6.45, 7) is 0. The molecule has 0 fully saturated rings. The fourth-order valence-electron chi connectivity index (χ4n) is 0.982. The molecule has 15 heavy (non-hydrogen) atoms. The van der Waals surface area contributed by atoms with Crippen molar-refractivity contribution in [1.82, 2.24) is 0 Å². The standard InChI is InChI=1S/C10H6ClF3O/c11-9-6-8(10(12,13)14)4-3-7(9)2-1-5-15/h1-6H. The van der Waals surface area contributed by atoms with E-state index in [-0.39, 0.29) is 5.02 Å². The molecule has 0 unspecified atom stereocenters. The van der Waals surface area contributed by atoms with Gasteiger partial charge < -0.3 is 0 Å². The summed E-state index contributed by atoms with van der Waals surface area (Å²) in [4.78, 5) is 10.0. The first-order valence-corrected chi connectivity index (χ1v) is 4.31. The van der Waals surface area contributed by atoms with E-state index in [0.717, 1.165) is 18.2 Å². The van der Waals surface area contributed by atoms with Crippen molar-refractivity contribution in [3.63, 3.8) is 0 Å². The maximum atomic E-state index is 12.2. The molecule has 1 rings (SSSR count). The first-order valence-electron chi connectivity index (χ1n) is 3.94. The van der Waals surface area contributed by atoms with Crippen LogP contribution < -0.4 is 0 Å². The van der Waals surface area contributed by atoms with Crippen molar-refractivity contribution in [2.45, 2.75) is 6.18 Å². The Hall–Kier alpha value is -1.29. The van der Waals surface area contributed by atoms with Crippen molar-refractivity contribution < 1.29 is 18.0 Å². The van der Waals surface area contributed by atoms with Crippen LogP contribution in [0.25, 0.3) is 6.08 Å². The summed E-state index contributed by atoms with van der Waals surface area (Å²) in [7, 11) is 0. The van der Waals surface area contributed by atoms with Crippen LogP contribution in [-0.4, -0.2) is 6.29 Å². The number of hydrogen-bond acceptors (Lipinski definition) is 1. The number of carbonyl (C=O) groups excluding carboxylic acids is 1. The summed E-state index contributed by atoms with van der Waals surface area (Å²) in [6.07, 6.45) is -1.38. The molecule has 0 radical (unpaired) electrons. The Morgan fingerprint density at radius 2 is 1.93 bits per heavy atom. The Morgan fingerprint density at radius 3 is 2.40 bits per heavy atom. The van der Waals surface area contributed by atoms with Gasteiger partial charge in [0.15, 0.2) is 0 Å². The molecule has 1 nitrogen and oxygen atoms in total. The first-order chi connectivity index (χ1) is 6.95. The van der Waals surface area contributed by atoms with Crippen LogP contribution in [0.4, 0.5) is 13.2 Å². The third-order valence-electron chi connectivity index (χ3n) is 1.68. The lowest BCUT2D eigenvalue weighted by Gasteiger charge is -2.07. The summed E-state index contributed by atoms with van der Waals surface area (Å²) in [5.74, 6) is 0. The molecule has 0 saturated carbocycles. The van der Waals surface area contributed by atoms with Gasteiger partial charge in [-0.25, -0.2) is 0 Å². The fraction of sp³-hybridized carbons (Fsp3) is 0.100. The van der Waals surface area contributed by atoms with Crippen molar-refractivity contribution in [3.05, 3.63) is 40.4 Å². The molecule has 0 aliphatic rings. The highest BCUT2D eigenvalue weighted by molar-refractivity contribution is 6.32. The second-order valence-electron chi connectivity index (χ2n) is 2.73. The van der Waals surface area contributed by atoms with E-state index in [9.17, 15) is 18.0 Å². The van der Waals surface area contributed by atoms with E-state index >= 15 is 0 Å². The minimum absolute atomic E-state index is 0.0390. The lowest BCUT2D eigenvalue weighted by Crippen LogP contribution is -2.04. The maximum Gasteiger partial charge on any atom is 0.416 e. The van der Waals surface area contributed by atoms with Gasteiger partial charge in [-0.05, 0) is 23.8 Å². The van der Waals surface area contributed by atoms with E-state index < -0.39 is 11.7 Å². The average Bonchev–Trinajstić information content (AvgIpc) is 2.14. The predicted octanol–water partition coefficient (Wildman–Crippen LogP) is 3.57. The van der Waals surface area contributed by atoms with Crippen molar-refractivity contribution in [1.29, 1.82) is 0 Å². The number of alkyl halides is 3. The molecule has 0 atom stereocenters. The van der Waals surface area contributed by atoms with E-state index in [0.29, 0.717) is 11.8 Å². The van der Waals surface area contributed by atoms with E-state index in [2.05, 4.69) is 0 Å². The molecule has 0 amide bonds. The molecule has 1 aromatic carbocycles. The highest BCUT2D eigenvalue weighted by atomic mass is 35.5.